The molecule has 0 fully saturated rings. The first-order chi connectivity index (χ1) is 13.8. The highest BCUT2D eigenvalue weighted by Crippen LogP contribution is 2.27. The van der Waals surface area contributed by atoms with Gasteiger partial charge in [0.2, 0.25) is 5.91 Å². The number of thiazole rings is 1. The van der Waals surface area contributed by atoms with E-state index in [1.165, 1.54) is 28.7 Å². The number of benzene rings is 1. The van der Waals surface area contributed by atoms with E-state index in [2.05, 4.69) is 51.0 Å². The van der Waals surface area contributed by atoms with Crippen LogP contribution in [0.2, 0.25) is 0 Å². The Morgan fingerprint density at radius 3 is 2.52 bits per heavy atom. The van der Waals surface area contributed by atoms with Crippen LogP contribution in [0.15, 0.2) is 35.5 Å². The average Bonchev–Trinajstić information content (AvgIpc) is 3.18. The molecule has 0 bridgehead atoms. The summed E-state index contributed by atoms with van der Waals surface area (Å²) in [7, 11) is 0. The highest BCUT2D eigenvalue weighted by molar-refractivity contribution is 8.00. The third kappa shape index (κ3) is 5.67. The fourth-order valence-electron chi connectivity index (χ4n) is 2.81. The molecule has 6 nitrogen and oxygen atoms in total. The van der Waals surface area contributed by atoms with Crippen molar-refractivity contribution < 1.29 is 4.79 Å². The number of anilines is 1. The predicted octanol–water partition coefficient (Wildman–Crippen LogP) is 4.72. The van der Waals surface area contributed by atoms with Crippen LogP contribution in [-0.4, -0.2) is 30.9 Å². The number of aryl methyl sites for hydroxylation is 2. The van der Waals surface area contributed by atoms with Gasteiger partial charge in [0.25, 0.3) is 0 Å². The lowest BCUT2D eigenvalue weighted by Crippen LogP contribution is -2.23. The van der Waals surface area contributed by atoms with Gasteiger partial charge in [-0.1, -0.05) is 55.9 Å². The molecule has 0 saturated heterocycles. The lowest BCUT2D eigenvalue weighted by Gasteiger charge is -2.14. The summed E-state index contributed by atoms with van der Waals surface area (Å²) >= 11 is 2.93. The van der Waals surface area contributed by atoms with Gasteiger partial charge in [0, 0.05) is 17.8 Å². The molecular weight excluding hydrogens is 402 g/mol. The second-order valence-electron chi connectivity index (χ2n) is 7.48. The normalized spacial score (nSPS) is 12.3. The van der Waals surface area contributed by atoms with Gasteiger partial charge in [-0.05, 0) is 32.3 Å². The van der Waals surface area contributed by atoms with E-state index in [-0.39, 0.29) is 11.2 Å². The van der Waals surface area contributed by atoms with Crippen LogP contribution < -0.4 is 5.32 Å². The first kappa shape index (κ1) is 21.5. The highest BCUT2D eigenvalue weighted by atomic mass is 32.2. The van der Waals surface area contributed by atoms with Gasteiger partial charge in [0.15, 0.2) is 10.3 Å². The quantitative estimate of drug-likeness (QED) is 0.525. The summed E-state index contributed by atoms with van der Waals surface area (Å²) in [6.45, 7) is 11.0. The van der Waals surface area contributed by atoms with Crippen LogP contribution in [0.3, 0.4) is 0 Å². The van der Waals surface area contributed by atoms with Gasteiger partial charge < -0.3 is 9.88 Å². The summed E-state index contributed by atoms with van der Waals surface area (Å²) in [5.74, 6) is 1.30. The molecule has 0 unspecified atom stereocenters. The molecular formula is C21H27N5OS2. The number of carbonyl (C=O) groups is 1. The van der Waals surface area contributed by atoms with Gasteiger partial charge in [-0.3, -0.25) is 4.79 Å². The maximum absolute atomic E-state index is 12.6. The molecule has 1 N–H and O–H groups in total. The number of carbonyl (C=O) groups excluding carboxylic acids is 1. The van der Waals surface area contributed by atoms with Crippen LogP contribution in [0, 0.1) is 19.8 Å². The molecule has 29 heavy (non-hydrogen) atoms. The topological polar surface area (TPSA) is 72.7 Å². The number of hydrogen-bond acceptors (Lipinski definition) is 6. The fourth-order valence-corrected chi connectivity index (χ4v) is 4.50. The Balaban J connectivity index is 1.73. The number of nitrogens with zero attached hydrogens (tertiary/aromatic N) is 4. The summed E-state index contributed by atoms with van der Waals surface area (Å²) in [5, 5.41) is 12.9. The van der Waals surface area contributed by atoms with Gasteiger partial charge >= 0.3 is 0 Å². The molecule has 154 valence electrons. The van der Waals surface area contributed by atoms with Crippen LogP contribution in [0.5, 0.6) is 0 Å². The molecule has 2 heterocycles. The molecule has 1 aromatic carbocycles. The fraction of sp³-hybridized carbons (Fsp3) is 0.429. The van der Waals surface area contributed by atoms with Gasteiger partial charge in [-0.25, -0.2) is 4.98 Å². The van der Waals surface area contributed by atoms with Gasteiger partial charge in [-0.15, -0.1) is 21.5 Å². The minimum absolute atomic E-state index is 0.0764. The molecule has 1 amide bonds. The van der Waals surface area contributed by atoms with Crippen LogP contribution in [0.4, 0.5) is 5.13 Å². The molecule has 0 aliphatic heterocycles. The SMILES string of the molecule is Cc1nc(NC(=O)[C@@H](C)Sc2nnc(Cc3ccccc3)n2CC(C)C)sc1C. The molecule has 3 aromatic rings. The maximum Gasteiger partial charge on any atom is 0.239 e. The first-order valence-electron chi connectivity index (χ1n) is 9.71. The van der Waals surface area contributed by atoms with Crippen LogP contribution >= 0.6 is 23.1 Å². The number of rotatable bonds is 8. The Kier molecular flexibility index (Phi) is 7.08. The number of amides is 1. The van der Waals surface area contributed by atoms with E-state index in [0.29, 0.717) is 11.0 Å². The zero-order valence-corrected chi connectivity index (χ0v) is 19.1. The Hall–Kier alpha value is -2.19. The minimum Gasteiger partial charge on any atom is -0.305 e. The number of hydrogen-bond donors (Lipinski definition) is 1. The summed E-state index contributed by atoms with van der Waals surface area (Å²) in [6, 6.07) is 10.3. The summed E-state index contributed by atoms with van der Waals surface area (Å²) in [6.07, 6.45) is 0.722. The van der Waals surface area contributed by atoms with Gasteiger partial charge in [0.05, 0.1) is 10.9 Å². The zero-order valence-electron chi connectivity index (χ0n) is 17.5. The number of aromatic nitrogens is 4. The van der Waals surface area contributed by atoms with E-state index in [1.54, 1.807) is 0 Å². The van der Waals surface area contributed by atoms with E-state index in [9.17, 15) is 4.79 Å². The Labute approximate surface area is 180 Å². The Morgan fingerprint density at radius 2 is 1.90 bits per heavy atom. The van der Waals surface area contributed by atoms with E-state index < -0.39 is 0 Å². The van der Waals surface area contributed by atoms with Crippen molar-refractivity contribution in [2.75, 3.05) is 5.32 Å². The number of nitrogens with one attached hydrogen (secondary N) is 1. The van der Waals surface area contributed by atoms with Gasteiger partial charge in [-0.2, -0.15) is 0 Å². The molecule has 8 heteroatoms. The molecule has 0 aliphatic carbocycles. The molecule has 0 aliphatic rings. The summed E-state index contributed by atoms with van der Waals surface area (Å²) in [5.41, 5.74) is 2.15. The van der Waals surface area contributed by atoms with E-state index in [0.717, 1.165) is 34.5 Å². The third-order valence-corrected chi connectivity index (χ3v) is 6.53. The van der Waals surface area contributed by atoms with Crippen molar-refractivity contribution in [3.05, 3.63) is 52.3 Å². The Morgan fingerprint density at radius 1 is 1.17 bits per heavy atom. The summed E-state index contributed by atoms with van der Waals surface area (Å²) < 4.78 is 2.14. The van der Waals surface area contributed by atoms with E-state index in [4.69, 9.17) is 0 Å². The maximum atomic E-state index is 12.6. The van der Waals surface area contributed by atoms with Crippen molar-refractivity contribution in [2.24, 2.45) is 5.92 Å². The van der Waals surface area contributed by atoms with Crippen molar-refractivity contribution in [3.8, 4) is 0 Å². The highest BCUT2D eigenvalue weighted by Gasteiger charge is 2.22. The smallest absolute Gasteiger partial charge is 0.239 e. The monoisotopic (exact) mass is 429 g/mol. The second kappa shape index (κ2) is 9.54. The summed E-state index contributed by atoms with van der Waals surface area (Å²) in [4.78, 5) is 18.2. The average molecular weight is 430 g/mol. The van der Waals surface area contributed by atoms with Crippen molar-refractivity contribution in [2.45, 2.75) is 58.0 Å². The third-order valence-electron chi connectivity index (χ3n) is 4.46. The second-order valence-corrected chi connectivity index (χ2v) is 9.99. The Bertz CT molecular complexity index is 945. The van der Waals surface area contributed by atoms with Crippen LogP contribution in [0.1, 0.15) is 42.7 Å². The minimum atomic E-state index is -0.306. The lowest BCUT2D eigenvalue weighted by atomic mass is 10.1. The van der Waals surface area contributed by atoms with E-state index in [1.807, 2.05) is 39.0 Å². The van der Waals surface area contributed by atoms with E-state index >= 15 is 0 Å². The van der Waals surface area contributed by atoms with Crippen LogP contribution in [0.25, 0.3) is 0 Å². The predicted molar refractivity (Wildman–Crippen MR) is 120 cm³/mol. The van der Waals surface area contributed by atoms with Gasteiger partial charge in [0.1, 0.15) is 5.82 Å². The molecule has 3 rings (SSSR count). The van der Waals surface area contributed by atoms with Crippen LogP contribution in [-0.2, 0) is 17.8 Å². The van der Waals surface area contributed by atoms with Crippen molar-refractivity contribution in [1.29, 1.82) is 0 Å². The largest absolute Gasteiger partial charge is 0.305 e. The molecule has 2 aromatic heterocycles. The molecule has 0 radical (unpaired) electrons. The first-order valence-corrected chi connectivity index (χ1v) is 11.4. The van der Waals surface area contributed by atoms with Crippen molar-refractivity contribution in [1.82, 2.24) is 19.7 Å². The number of thioether (sulfide) groups is 1. The van der Waals surface area contributed by atoms with Crippen molar-refractivity contribution >= 4 is 34.1 Å². The molecule has 1 atom stereocenters. The molecule has 0 spiro atoms. The standard InChI is InChI=1S/C21H27N5OS2/c1-13(2)12-26-18(11-17-9-7-6-8-10-17)24-25-21(26)29-16(5)19(27)23-20-22-14(3)15(4)28-20/h6-10,13,16H,11-12H2,1-5H3,(H,22,23,27)/t16-/m1/s1. The lowest BCUT2D eigenvalue weighted by molar-refractivity contribution is -0.115. The van der Waals surface area contributed by atoms with Crippen molar-refractivity contribution in [3.63, 3.8) is 0 Å². The zero-order chi connectivity index (χ0) is 21.0. The molecule has 0 saturated carbocycles.